The highest BCUT2D eigenvalue weighted by Crippen LogP contribution is 2.18. The molecule has 0 aliphatic rings. The Hall–Kier alpha value is -1.36. The molecule has 102 valence electrons. The van der Waals surface area contributed by atoms with Crippen LogP contribution in [0, 0.1) is 19.3 Å². The third kappa shape index (κ3) is 2.90. The number of rotatable bonds is 4. The second-order valence-corrected chi connectivity index (χ2v) is 5.70. The minimum absolute atomic E-state index is 0.0135. The number of hydrogen-bond donors (Lipinski definition) is 1. The van der Waals surface area contributed by atoms with Gasteiger partial charge in [0.1, 0.15) is 0 Å². The Labute approximate surface area is 109 Å². The average molecular weight is 252 g/mol. The lowest BCUT2D eigenvalue weighted by Gasteiger charge is -2.29. The van der Waals surface area contributed by atoms with Gasteiger partial charge in [-0.2, -0.15) is 5.10 Å². The lowest BCUT2D eigenvalue weighted by atomic mass is 9.93. The van der Waals surface area contributed by atoms with Crippen molar-refractivity contribution in [1.82, 2.24) is 14.7 Å². The van der Waals surface area contributed by atoms with Crippen LogP contribution < -0.4 is 5.73 Å². The number of carbonyl (C=O) groups is 1. The van der Waals surface area contributed by atoms with E-state index in [1.165, 1.54) is 0 Å². The molecular weight excluding hydrogens is 228 g/mol. The highest BCUT2D eigenvalue weighted by Gasteiger charge is 2.25. The number of amides is 1. The first kappa shape index (κ1) is 14.7. The number of aromatic nitrogens is 2. The van der Waals surface area contributed by atoms with Crippen molar-refractivity contribution in [2.45, 2.75) is 27.7 Å². The first-order valence-corrected chi connectivity index (χ1v) is 6.15. The summed E-state index contributed by atoms with van der Waals surface area (Å²) in [6, 6.07) is 0. The molecule has 0 aliphatic heterocycles. The van der Waals surface area contributed by atoms with Gasteiger partial charge in [-0.15, -0.1) is 0 Å². The van der Waals surface area contributed by atoms with Crippen molar-refractivity contribution in [1.29, 1.82) is 0 Å². The van der Waals surface area contributed by atoms with Crippen LogP contribution in [0.4, 0.5) is 0 Å². The Kier molecular flexibility index (Phi) is 4.16. The summed E-state index contributed by atoms with van der Waals surface area (Å²) < 4.78 is 1.74. The van der Waals surface area contributed by atoms with Gasteiger partial charge in [0, 0.05) is 26.3 Å². The molecule has 0 atom stereocenters. The molecule has 0 fully saturated rings. The van der Waals surface area contributed by atoms with Crippen LogP contribution in [0.5, 0.6) is 0 Å². The van der Waals surface area contributed by atoms with Gasteiger partial charge in [0.15, 0.2) is 0 Å². The fraction of sp³-hybridized carbons (Fsp3) is 0.692. The molecule has 0 aliphatic carbocycles. The largest absolute Gasteiger partial charge is 0.341 e. The SMILES string of the molecule is Cc1nn(C)c(C)c1C(=O)N(C)CC(C)(C)CN. The first-order valence-electron chi connectivity index (χ1n) is 6.15. The normalized spacial score (nSPS) is 11.7. The molecule has 1 aromatic heterocycles. The summed E-state index contributed by atoms with van der Waals surface area (Å²) >= 11 is 0. The molecule has 1 heterocycles. The average Bonchev–Trinajstić information content (AvgIpc) is 2.52. The fourth-order valence-corrected chi connectivity index (χ4v) is 2.05. The van der Waals surface area contributed by atoms with Gasteiger partial charge in [0.25, 0.3) is 5.91 Å². The van der Waals surface area contributed by atoms with Crippen LogP contribution in [0.1, 0.15) is 35.6 Å². The van der Waals surface area contributed by atoms with Crippen LogP contribution in [0.15, 0.2) is 0 Å². The summed E-state index contributed by atoms with van der Waals surface area (Å²) in [5.41, 5.74) is 8.00. The van der Waals surface area contributed by atoms with Crippen molar-refractivity contribution in [2.24, 2.45) is 18.2 Å². The van der Waals surface area contributed by atoms with E-state index in [1.54, 1.807) is 9.58 Å². The summed E-state index contributed by atoms with van der Waals surface area (Å²) in [6.45, 7) is 9.07. The summed E-state index contributed by atoms with van der Waals surface area (Å²) in [4.78, 5) is 14.2. The van der Waals surface area contributed by atoms with E-state index >= 15 is 0 Å². The maximum Gasteiger partial charge on any atom is 0.257 e. The smallest absolute Gasteiger partial charge is 0.257 e. The topological polar surface area (TPSA) is 64.2 Å². The predicted octanol–water partition coefficient (Wildman–Crippen LogP) is 1.09. The molecule has 0 bridgehead atoms. The monoisotopic (exact) mass is 252 g/mol. The molecule has 2 N–H and O–H groups in total. The summed E-state index contributed by atoms with van der Waals surface area (Å²) in [7, 11) is 3.66. The Morgan fingerprint density at radius 1 is 1.44 bits per heavy atom. The number of nitrogens with two attached hydrogens (primary N) is 1. The molecule has 5 heteroatoms. The molecule has 0 radical (unpaired) electrons. The van der Waals surface area contributed by atoms with Crippen LogP contribution in [0.2, 0.25) is 0 Å². The molecule has 18 heavy (non-hydrogen) atoms. The standard InChI is InChI=1S/C13H24N4O/c1-9-11(10(2)17(6)15-9)12(18)16(5)8-13(3,4)7-14/h7-8,14H2,1-6H3. The molecule has 0 spiro atoms. The number of carbonyl (C=O) groups excluding carboxylic acids is 1. The molecule has 1 rings (SSSR count). The van der Waals surface area contributed by atoms with Crippen LogP contribution in [0.25, 0.3) is 0 Å². The Bertz CT molecular complexity index is 448. The van der Waals surface area contributed by atoms with E-state index < -0.39 is 0 Å². The molecule has 1 amide bonds. The lowest BCUT2D eigenvalue weighted by molar-refractivity contribution is 0.0739. The van der Waals surface area contributed by atoms with Gasteiger partial charge in [-0.1, -0.05) is 13.8 Å². The van der Waals surface area contributed by atoms with E-state index in [1.807, 2.05) is 27.9 Å². The highest BCUT2D eigenvalue weighted by atomic mass is 16.2. The molecule has 0 unspecified atom stereocenters. The van der Waals surface area contributed by atoms with E-state index in [0.717, 1.165) is 11.4 Å². The summed E-state index contributed by atoms with van der Waals surface area (Å²) in [5.74, 6) is 0.0135. The van der Waals surface area contributed by atoms with Crippen molar-refractivity contribution in [3.8, 4) is 0 Å². The highest BCUT2D eigenvalue weighted by molar-refractivity contribution is 5.96. The number of hydrogen-bond acceptors (Lipinski definition) is 3. The van der Waals surface area contributed by atoms with Crippen LogP contribution >= 0.6 is 0 Å². The van der Waals surface area contributed by atoms with Gasteiger partial charge in [0.2, 0.25) is 0 Å². The van der Waals surface area contributed by atoms with Crippen LogP contribution in [-0.2, 0) is 7.05 Å². The third-order valence-electron chi connectivity index (χ3n) is 3.29. The van der Waals surface area contributed by atoms with Gasteiger partial charge < -0.3 is 10.6 Å². The maximum absolute atomic E-state index is 12.4. The van der Waals surface area contributed by atoms with Crippen molar-refractivity contribution in [3.05, 3.63) is 17.0 Å². The zero-order valence-corrected chi connectivity index (χ0v) is 12.2. The zero-order valence-electron chi connectivity index (χ0n) is 12.2. The third-order valence-corrected chi connectivity index (χ3v) is 3.29. The summed E-state index contributed by atoms with van der Waals surface area (Å²) in [5, 5.41) is 4.28. The molecule has 0 aromatic carbocycles. The van der Waals surface area contributed by atoms with Crippen molar-refractivity contribution < 1.29 is 4.79 Å². The number of aryl methyl sites for hydroxylation is 2. The molecule has 1 aromatic rings. The van der Waals surface area contributed by atoms with E-state index in [0.29, 0.717) is 18.7 Å². The zero-order chi connectivity index (χ0) is 14.1. The minimum Gasteiger partial charge on any atom is -0.341 e. The number of nitrogens with zero attached hydrogens (tertiary/aromatic N) is 3. The molecule has 5 nitrogen and oxygen atoms in total. The van der Waals surface area contributed by atoms with Gasteiger partial charge in [-0.25, -0.2) is 0 Å². The van der Waals surface area contributed by atoms with E-state index in [9.17, 15) is 4.79 Å². The first-order chi connectivity index (χ1) is 8.19. The Morgan fingerprint density at radius 2 is 2.00 bits per heavy atom. The second kappa shape index (κ2) is 5.10. The Balaban J connectivity index is 2.94. The van der Waals surface area contributed by atoms with Crippen molar-refractivity contribution in [2.75, 3.05) is 20.1 Å². The van der Waals surface area contributed by atoms with Gasteiger partial charge in [0.05, 0.1) is 11.3 Å². The maximum atomic E-state index is 12.4. The minimum atomic E-state index is -0.0750. The van der Waals surface area contributed by atoms with Gasteiger partial charge in [-0.05, 0) is 25.8 Å². The predicted molar refractivity (Wildman–Crippen MR) is 72.5 cm³/mol. The second-order valence-electron chi connectivity index (χ2n) is 5.70. The Morgan fingerprint density at radius 3 is 2.39 bits per heavy atom. The quantitative estimate of drug-likeness (QED) is 0.872. The fourth-order valence-electron chi connectivity index (χ4n) is 2.05. The van der Waals surface area contributed by atoms with E-state index in [4.69, 9.17) is 5.73 Å². The van der Waals surface area contributed by atoms with Gasteiger partial charge >= 0.3 is 0 Å². The van der Waals surface area contributed by atoms with Crippen LogP contribution in [-0.4, -0.2) is 40.7 Å². The van der Waals surface area contributed by atoms with E-state index in [-0.39, 0.29) is 11.3 Å². The lowest BCUT2D eigenvalue weighted by Crippen LogP contribution is -2.40. The van der Waals surface area contributed by atoms with E-state index in [2.05, 4.69) is 18.9 Å². The van der Waals surface area contributed by atoms with Crippen molar-refractivity contribution in [3.63, 3.8) is 0 Å². The van der Waals surface area contributed by atoms with Crippen LogP contribution in [0.3, 0.4) is 0 Å². The molecule has 0 saturated heterocycles. The summed E-state index contributed by atoms with van der Waals surface area (Å²) in [6.07, 6.45) is 0. The molecular formula is C13H24N4O. The molecule has 0 saturated carbocycles. The van der Waals surface area contributed by atoms with Crippen molar-refractivity contribution >= 4 is 5.91 Å². The van der Waals surface area contributed by atoms with Gasteiger partial charge in [-0.3, -0.25) is 9.48 Å².